The van der Waals surface area contributed by atoms with E-state index in [9.17, 15) is 4.39 Å². The summed E-state index contributed by atoms with van der Waals surface area (Å²) < 4.78 is 20.9. The van der Waals surface area contributed by atoms with E-state index in [1.807, 2.05) is 37.3 Å². The first-order valence-electron chi connectivity index (χ1n) is 11.2. The summed E-state index contributed by atoms with van der Waals surface area (Å²) in [5.74, 6) is 0.363. The van der Waals surface area contributed by atoms with E-state index < -0.39 is 6.10 Å². The van der Waals surface area contributed by atoms with Gasteiger partial charge in [0.25, 0.3) is 0 Å². The summed E-state index contributed by atoms with van der Waals surface area (Å²) in [6, 6.07) is 23.2. The number of rotatable bonds is 8. The highest BCUT2D eigenvalue weighted by Gasteiger charge is 2.22. The van der Waals surface area contributed by atoms with E-state index in [2.05, 4.69) is 40.1 Å². The van der Waals surface area contributed by atoms with Gasteiger partial charge in [0, 0.05) is 51.3 Å². The maximum absolute atomic E-state index is 14.6. The highest BCUT2D eigenvalue weighted by molar-refractivity contribution is 6.32. The molecule has 0 saturated carbocycles. The van der Waals surface area contributed by atoms with E-state index >= 15 is 0 Å². The molecule has 5 heteroatoms. The molecule has 0 spiro atoms. The first-order valence-corrected chi connectivity index (χ1v) is 11.6. The van der Waals surface area contributed by atoms with E-state index in [0.29, 0.717) is 22.8 Å². The van der Waals surface area contributed by atoms with Crippen molar-refractivity contribution in [3.63, 3.8) is 0 Å². The maximum atomic E-state index is 14.6. The van der Waals surface area contributed by atoms with Crippen LogP contribution in [0.25, 0.3) is 0 Å². The van der Waals surface area contributed by atoms with Gasteiger partial charge >= 0.3 is 0 Å². The number of nitrogens with zero attached hydrogens (tertiary/aromatic N) is 2. The maximum Gasteiger partial charge on any atom is 0.139 e. The number of piperazine rings is 1. The Kier molecular flexibility index (Phi) is 7.80. The second-order valence-corrected chi connectivity index (χ2v) is 8.86. The average molecular weight is 453 g/mol. The Bertz CT molecular complexity index is 1010. The van der Waals surface area contributed by atoms with Crippen molar-refractivity contribution in [2.75, 3.05) is 32.7 Å². The lowest BCUT2D eigenvalue weighted by Gasteiger charge is -2.35. The van der Waals surface area contributed by atoms with Crippen LogP contribution in [0.3, 0.4) is 0 Å². The number of halogens is 2. The smallest absolute Gasteiger partial charge is 0.139 e. The fourth-order valence-electron chi connectivity index (χ4n) is 4.18. The molecule has 4 rings (SSSR count). The Morgan fingerprint density at radius 2 is 1.59 bits per heavy atom. The Labute approximate surface area is 195 Å². The summed E-state index contributed by atoms with van der Waals surface area (Å²) in [6.45, 7) is 7.90. The van der Waals surface area contributed by atoms with Crippen LogP contribution in [-0.4, -0.2) is 42.5 Å². The van der Waals surface area contributed by atoms with Crippen LogP contribution in [0.4, 0.5) is 4.39 Å². The molecule has 3 nitrogen and oxygen atoms in total. The minimum absolute atomic E-state index is 0.242. The molecule has 1 unspecified atom stereocenters. The topological polar surface area (TPSA) is 15.7 Å². The Morgan fingerprint density at radius 1 is 0.906 bits per heavy atom. The van der Waals surface area contributed by atoms with Gasteiger partial charge in [-0.2, -0.15) is 0 Å². The van der Waals surface area contributed by atoms with Gasteiger partial charge in [0.1, 0.15) is 17.7 Å². The van der Waals surface area contributed by atoms with Crippen LogP contribution in [-0.2, 0) is 6.54 Å². The lowest BCUT2D eigenvalue weighted by atomic mass is 10.0. The molecule has 0 amide bonds. The number of aryl methyl sites for hydroxylation is 1. The molecule has 1 heterocycles. The lowest BCUT2D eigenvalue weighted by Crippen LogP contribution is -2.46. The summed E-state index contributed by atoms with van der Waals surface area (Å²) in [5.41, 5.74) is 2.99. The SMILES string of the molecule is Cc1ccc(Cl)c(OC(CCN2CCN(Cc3ccccc3)CC2)c2ccccc2F)c1. The van der Waals surface area contributed by atoms with Crippen molar-refractivity contribution in [2.45, 2.75) is 26.0 Å². The molecule has 0 aromatic heterocycles. The molecule has 1 aliphatic heterocycles. The first kappa shape index (κ1) is 22.8. The third kappa shape index (κ3) is 6.10. The van der Waals surface area contributed by atoms with Crippen molar-refractivity contribution < 1.29 is 9.13 Å². The van der Waals surface area contributed by atoms with E-state index in [0.717, 1.165) is 44.8 Å². The highest BCUT2D eigenvalue weighted by atomic mass is 35.5. The second-order valence-electron chi connectivity index (χ2n) is 8.45. The molecule has 0 N–H and O–H groups in total. The van der Waals surface area contributed by atoms with Crippen molar-refractivity contribution in [1.82, 2.24) is 9.80 Å². The molecule has 1 fully saturated rings. The summed E-state index contributed by atoms with van der Waals surface area (Å²) in [6.07, 6.45) is 0.307. The van der Waals surface area contributed by atoms with Crippen LogP contribution in [0.2, 0.25) is 5.02 Å². The molecular formula is C27H30ClFN2O. The fourth-order valence-corrected chi connectivity index (χ4v) is 4.34. The van der Waals surface area contributed by atoms with Crippen LogP contribution in [0.1, 0.15) is 29.2 Å². The third-order valence-corrected chi connectivity index (χ3v) is 6.34. The monoisotopic (exact) mass is 452 g/mol. The fraction of sp³-hybridized carbons (Fsp3) is 0.333. The molecule has 3 aromatic carbocycles. The van der Waals surface area contributed by atoms with Gasteiger partial charge in [-0.1, -0.05) is 66.2 Å². The molecule has 168 valence electrons. The van der Waals surface area contributed by atoms with Crippen molar-refractivity contribution in [2.24, 2.45) is 0 Å². The van der Waals surface area contributed by atoms with Crippen molar-refractivity contribution in [1.29, 1.82) is 0 Å². The molecule has 0 bridgehead atoms. The molecule has 0 aliphatic carbocycles. The lowest BCUT2D eigenvalue weighted by molar-refractivity contribution is 0.106. The predicted molar refractivity (Wildman–Crippen MR) is 129 cm³/mol. The zero-order chi connectivity index (χ0) is 22.3. The van der Waals surface area contributed by atoms with Crippen molar-refractivity contribution in [3.05, 3.63) is 100 Å². The number of hydrogen-bond acceptors (Lipinski definition) is 3. The minimum Gasteiger partial charge on any atom is -0.484 e. The molecule has 1 saturated heterocycles. The van der Waals surface area contributed by atoms with Gasteiger partial charge in [-0.25, -0.2) is 4.39 Å². The average Bonchev–Trinajstić information content (AvgIpc) is 2.81. The van der Waals surface area contributed by atoms with Gasteiger partial charge in [0.15, 0.2) is 0 Å². The van der Waals surface area contributed by atoms with Crippen LogP contribution in [0.15, 0.2) is 72.8 Å². The largest absolute Gasteiger partial charge is 0.484 e. The van der Waals surface area contributed by atoms with Gasteiger partial charge in [0.05, 0.1) is 5.02 Å². The molecule has 1 aliphatic rings. The van der Waals surface area contributed by atoms with Crippen LogP contribution in [0.5, 0.6) is 5.75 Å². The highest BCUT2D eigenvalue weighted by Crippen LogP contribution is 2.32. The Morgan fingerprint density at radius 3 is 2.34 bits per heavy atom. The standard InChI is InChI=1S/C27H30ClFN2O/c1-21-11-12-24(28)27(19-21)32-26(23-9-5-6-10-25(23)29)13-14-30-15-17-31(18-16-30)20-22-7-3-2-4-8-22/h2-12,19,26H,13-18,20H2,1H3. The van der Waals surface area contributed by atoms with Crippen LogP contribution < -0.4 is 4.74 Å². The summed E-state index contributed by atoms with van der Waals surface area (Å²) in [5, 5.41) is 0.548. The van der Waals surface area contributed by atoms with E-state index in [1.165, 1.54) is 11.6 Å². The second kappa shape index (κ2) is 11.0. The van der Waals surface area contributed by atoms with Gasteiger partial charge in [-0.3, -0.25) is 4.90 Å². The third-order valence-electron chi connectivity index (χ3n) is 6.03. The quantitative estimate of drug-likeness (QED) is 0.409. The van der Waals surface area contributed by atoms with Gasteiger partial charge < -0.3 is 9.64 Å². The number of ether oxygens (including phenoxy) is 1. The summed E-state index contributed by atoms with van der Waals surface area (Å²) >= 11 is 6.36. The van der Waals surface area contributed by atoms with Gasteiger partial charge in [0.2, 0.25) is 0 Å². The molecule has 1 atom stereocenters. The normalized spacial score (nSPS) is 16.1. The Hall–Kier alpha value is -2.40. The van der Waals surface area contributed by atoms with Crippen LogP contribution in [0, 0.1) is 12.7 Å². The molecule has 32 heavy (non-hydrogen) atoms. The summed E-state index contributed by atoms with van der Waals surface area (Å²) in [4.78, 5) is 4.93. The molecule has 0 radical (unpaired) electrons. The predicted octanol–water partition coefficient (Wildman–Crippen LogP) is 6.12. The van der Waals surface area contributed by atoms with Crippen molar-refractivity contribution >= 4 is 11.6 Å². The summed E-state index contributed by atoms with van der Waals surface area (Å²) in [7, 11) is 0. The molecule has 3 aromatic rings. The molecular weight excluding hydrogens is 423 g/mol. The van der Waals surface area contributed by atoms with E-state index in [1.54, 1.807) is 6.07 Å². The van der Waals surface area contributed by atoms with Crippen LogP contribution >= 0.6 is 11.6 Å². The van der Waals surface area contributed by atoms with Gasteiger partial charge in [-0.05, 0) is 36.2 Å². The first-order chi connectivity index (χ1) is 15.6. The van der Waals surface area contributed by atoms with Gasteiger partial charge in [-0.15, -0.1) is 0 Å². The zero-order valence-electron chi connectivity index (χ0n) is 18.5. The van der Waals surface area contributed by atoms with Crippen molar-refractivity contribution in [3.8, 4) is 5.75 Å². The number of benzene rings is 3. The van der Waals surface area contributed by atoms with E-state index in [-0.39, 0.29) is 5.82 Å². The van der Waals surface area contributed by atoms with E-state index in [4.69, 9.17) is 16.3 Å². The minimum atomic E-state index is -0.391. The Balaban J connectivity index is 1.38. The number of hydrogen-bond donors (Lipinski definition) is 0. The zero-order valence-corrected chi connectivity index (χ0v) is 19.3.